The summed E-state index contributed by atoms with van der Waals surface area (Å²) in [6.45, 7) is 4.15. The van der Waals surface area contributed by atoms with Crippen LogP contribution in [0.1, 0.15) is 36.3 Å². The van der Waals surface area contributed by atoms with Gasteiger partial charge >= 0.3 is 0 Å². The molecule has 1 N–H and O–H groups in total. The first-order valence-corrected chi connectivity index (χ1v) is 9.19. The maximum absolute atomic E-state index is 14.1. The van der Waals surface area contributed by atoms with Crippen LogP contribution in [0.25, 0.3) is 5.69 Å². The van der Waals surface area contributed by atoms with Gasteiger partial charge in [0.15, 0.2) is 11.6 Å². The highest BCUT2D eigenvalue weighted by Gasteiger charge is 2.37. The van der Waals surface area contributed by atoms with Gasteiger partial charge in [0.25, 0.3) is 0 Å². The Balaban J connectivity index is 1.84. The fourth-order valence-corrected chi connectivity index (χ4v) is 3.66. The number of carbonyl (C=O) groups excluding carboxylic acids is 1. The van der Waals surface area contributed by atoms with Gasteiger partial charge in [-0.3, -0.25) is 4.79 Å². The average molecular weight is 379 g/mol. The molecule has 0 fully saturated rings. The number of ether oxygens (including phenoxy) is 1. The van der Waals surface area contributed by atoms with Gasteiger partial charge in [-0.2, -0.15) is 0 Å². The van der Waals surface area contributed by atoms with Gasteiger partial charge in [-0.25, -0.2) is 9.07 Å². The monoisotopic (exact) mass is 379 g/mol. The molecule has 0 bridgehead atoms. The molecule has 4 rings (SSSR count). The Morgan fingerprint density at radius 2 is 1.82 bits per heavy atom. The summed E-state index contributed by atoms with van der Waals surface area (Å²) >= 11 is 0. The molecule has 0 radical (unpaired) electrons. The standard InChI is InChI=1S/C22H22FN3O2/c1-22(2)12-18-20(19(27)13-22)21(24-17-7-5-4-6-16(17)23)25-26(18)14-8-10-15(28-3)11-9-14/h4-11H,12-13H2,1-3H3,(H,24,25). The highest BCUT2D eigenvalue weighted by atomic mass is 19.1. The van der Waals surface area contributed by atoms with Crippen LogP contribution in [0.15, 0.2) is 48.5 Å². The first kappa shape index (κ1) is 18.2. The average Bonchev–Trinajstić information content (AvgIpc) is 3.01. The lowest BCUT2D eigenvalue weighted by Gasteiger charge is -2.29. The van der Waals surface area contributed by atoms with Gasteiger partial charge in [-0.05, 0) is 48.2 Å². The molecular formula is C22H22FN3O2. The number of para-hydroxylation sites is 1. The number of nitrogens with zero attached hydrogens (tertiary/aromatic N) is 2. The van der Waals surface area contributed by atoms with Gasteiger partial charge in [-0.15, -0.1) is 5.10 Å². The lowest BCUT2D eigenvalue weighted by Crippen LogP contribution is -2.28. The van der Waals surface area contributed by atoms with E-state index in [0.29, 0.717) is 29.9 Å². The number of hydrogen-bond donors (Lipinski definition) is 1. The molecule has 0 amide bonds. The van der Waals surface area contributed by atoms with E-state index in [2.05, 4.69) is 24.3 Å². The quantitative estimate of drug-likeness (QED) is 0.699. The van der Waals surface area contributed by atoms with Crippen molar-refractivity contribution < 1.29 is 13.9 Å². The number of anilines is 2. The van der Waals surface area contributed by atoms with E-state index < -0.39 is 0 Å². The van der Waals surface area contributed by atoms with Gasteiger partial charge in [0.1, 0.15) is 11.6 Å². The second kappa shape index (κ2) is 6.78. The van der Waals surface area contributed by atoms with Crippen LogP contribution in [-0.4, -0.2) is 22.7 Å². The number of ketones is 1. The van der Waals surface area contributed by atoms with E-state index in [1.54, 1.807) is 30.0 Å². The number of hydrogen-bond acceptors (Lipinski definition) is 4. The number of Topliss-reactive ketones (excluding diaryl/α,β-unsaturated/α-hetero) is 1. The third-order valence-electron chi connectivity index (χ3n) is 4.99. The van der Waals surface area contributed by atoms with E-state index in [-0.39, 0.29) is 17.0 Å². The SMILES string of the molecule is COc1ccc(-n2nc(Nc3ccccc3F)c3c2CC(C)(C)CC3=O)cc1. The number of benzene rings is 2. The summed E-state index contributed by atoms with van der Waals surface area (Å²) in [5.74, 6) is 0.756. The van der Waals surface area contributed by atoms with Crippen molar-refractivity contribution >= 4 is 17.3 Å². The van der Waals surface area contributed by atoms with E-state index in [1.165, 1.54) is 6.07 Å². The second-order valence-electron chi connectivity index (χ2n) is 7.83. The van der Waals surface area contributed by atoms with E-state index in [1.807, 2.05) is 24.3 Å². The maximum Gasteiger partial charge on any atom is 0.169 e. The predicted octanol–water partition coefficient (Wildman–Crippen LogP) is 4.92. The van der Waals surface area contributed by atoms with E-state index in [9.17, 15) is 9.18 Å². The zero-order valence-electron chi connectivity index (χ0n) is 16.1. The van der Waals surface area contributed by atoms with Crippen LogP contribution in [0.5, 0.6) is 5.75 Å². The molecule has 3 aromatic rings. The number of halogens is 1. The number of methoxy groups -OCH3 is 1. The molecule has 1 aliphatic carbocycles. The molecule has 0 atom stereocenters. The molecule has 1 aliphatic rings. The Bertz CT molecular complexity index is 1040. The van der Waals surface area contributed by atoms with Crippen molar-refractivity contribution in [2.24, 2.45) is 5.41 Å². The van der Waals surface area contributed by atoms with Crippen molar-refractivity contribution in [1.29, 1.82) is 0 Å². The minimum absolute atomic E-state index is 0.0184. The zero-order chi connectivity index (χ0) is 19.9. The molecule has 0 saturated heterocycles. The van der Waals surface area contributed by atoms with Crippen molar-refractivity contribution in [3.63, 3.8) is 0 Å². The number of fused-ring (bicyclic) bond motifs is 1. The summed E-state index contributed by atoms with van der Waals surface area (Å²) in [4.78, 5) is 12.9. The lowest BCUT2D eigenvalue weighted by atomic mass is 9.76. The maximum atomic E-state index is 14.1. The molecule has 1 heterocycles. The fourth-order valence-electron chi connectivity index (χ4n) is 3.66. The van der Waals surface area contributed by atoms with Gasteiger partial charge < -0.3 is 10.1 Å². The molecule has 0 unspecified atom stereocenters. The smallest absolute Gasteiger partial charge is 0.169 e. The normalized spacial score (nSPS) is 15.2. The Hall–Kier alpha value is -3.15. The Morgan fingerprint density at radius 3 is 2.50 bits per heavy atom. The molecular weight excluding hydrogens is 357 g/mol. The van der Waals surface area contributed by atoms with Crippen LogP contribution < -0.4 is 10.1 Å². The Kier molecular flexibility index (Phi) is 4.41. The van der Waals surface area contributed by atoms with Crippen molar-refractivity contribution in [2.45, 2.75) is 26.7 Å². The Labute approximate surface area is 163 Å². The molecule has 5 nitrogen and oxygen atoms in total. The summed E-state index contributed by atoms with van der Waals surface area (Å²) in [5.41, 5.74) is 2.33. The van der Waals surface area contributed by atoms with Gasteiger partial charge in [-0.1, -0.05) is 26.0 Å². The summed E-state index contributed by atoms with van der Waals surface area (Å²) in [7, 11) is 1.61. The van der Waals surface area contributed by atoms with E-state index in [4.69, 9.17) is 4.74 Å². The highest BCUT2D eigenvalue weighted by molar-refractivity contribution is 6.03. The van der Waals surface area contributed by atoms with E-state index >= 15 is 0 Å². The third-order valence-corrected chi connectivity index (χ3v) is 4.99. The largest absolute Gasteiger partial charge is 0.497 e. The molecule has 0 spiro atoms. The number of aromatic nitrogens is 2. The molecule has 0 saturated carbocycles. The summed E-state index contributed by atoms with van der Waals surface area (Å²) in [6, 6.07) is 13.9. The van der Waals surface area contributed by atoms with Crippen LogP contribution in [-0.2, 0) is 6.42 Å². The fraction of sp³-hybridized carbons (Fsp3) is 0.273. The highest BCUT2D eigenvalue weighted by Crippen LogP contribution is 2.39. The van der Waals surface area contributed by atoms with Crippen LogP contribution in [0, 0.1) is 11.2 Å². The molecule has 1 aromatic heterocycles. The zero-order valence-corrected chi connectivity index (χ0v) is 16.1. The van der Waals surface area contributed by atoms with E-state index in [0.717, 1.165) is 17.1 Å². The summed E-state index contributed by atoms with van der Waals surface area (Å²) < 4.78 is 21.1. The number of carbonyl (C=O) groups is 1. The minimum atomic E-state index is -0.390. The van der Waals surface area contributed by atoms with Crippen LogP contribution in [0.2, 0.25) is 0 Å². The Morgan fingerprint density at radius 1 is 1.11 bits per heavy atom. The third kappa shape index (κ3) is 3.26. The van der Waals surface area contributed by atoms with Crippen LogP contribution in [0.3, 0.4) is 0 Å². The molecule has 144 valence electrons. The van der Waals surface area contributed by atoms with Gasteiger partial charge in [0.05, 0.1) is 29.7 Å². The predicted molar refractivity (Wildman–Crippen MR) is 106 cm³/mol. The van der Waals surface area contributed by atoms with Crippen LogP contribution >= 0.6 is 0 Å². The van der Waals surface area contributed by atoms with Gasteiger partial charge in [0, 0.05) is 6.42 Å². The number of rotatable bonds is 4. The van der Waals surface area contributed by atoms with Crippen molar-refractivity contribution in [3.05, 3.63) is 65.6 Å². The van der Waals surface area contributed by atoms with Crippen molar-refractivity contribution in [3.8, 4) is 11.4 Å². The number of nitrogens with one attached hydrogen (secondary N) is 1. The minimum Gasteiger partial charge on any atom is -0.497 e. The summed E-state index contributed by atoms with van der Waals surface area (Å²) in [5, 5.41) is 7.67. The van der Waals surface area contributed by atoms with Crippen molar-refractivity contribution in [2.75, 3.05) is 12.4 Å². The summed E-state index contributed by atoms with van der Waals surface area (Å²) in [6.07, 6.45) is 1.13. The molecule has 2 aromatic carbocycles. The van der Waals surface area contributed by atoms with Crippen LogP contribution in [0.4, 0.5) is 15.9 Å². The molecule has 28 heavy (non-hydrogen) atoms. The molecule has 0 aliphatic heterocycles. The van der Waals surface area contributed by atoms with Gasteiger partial charge in [0.2, 0.25) is 0 Å². The lowest BCUT2D eigenvalue weighted by molar-refractivity contribution is 0.0912. The second-order valence-corrected chi connectivity index (χ2v) is 7.83. The first-order valence-electron chi connectivity index (χ1n) is 9.19. The first-order chi connectivity index (χ1) is 13.4. The molecule has 6 heteroatoms. The topological polar surface area (TPSA) is 56.1 Å². The van der Waals surface area contributed by atoms with Crippen molar-refractivity contribution in [1.82, 2.24) is 9.78 Å².